The molecule has 19 heavy (non-hydrogen) atoms. The van der Waals surface area contributed by atoms with Crippen LogP contribution in [0.15, 0.2) is 11.4 Å². The molecule has 106 valence electrons. The van der Waals surface area contributed by atoms with Gasteiger partial charge in [0.2, 0.25) is 0 Å². The smallest absolute Gasteiger partial charge is 0.303 e. The molecular weight excluding hydrogens is 258 g/mol. The van der Waals surface area contributed by atoms with Crippen molar-refractivity contribution in [1.29, 1.82) is 0 Å². The maximum Gasteiger partial charge on any atom is 0.303 e. The molecule has 2 atom stereocenters. The highest BCUT2D eigenvalue weighted by atomic mass is 32.1. The van der Waals surface area contributed by atoms with E-state index < -0.39 is 5.97 Å². The van der Waals surface area contributed by atoms with E-state index in [1.165, 1.54) is 23.3 Å². The second-order valence-electron chi connectivity index (χ2n) is 5.74. The van der Waals surface area contributed by atoms with Gasteiger partial charge in [0.1, 0.15) is 0 Å². The lowest BCUT2D eigenvalue weighted by Crippen LogP contribution is -2.37. The third kappa shape index (κ3) is 4.05. The van der Waals surface area contributed by atoms with Crippen molar-refractivity contribution >= 4 is 17.3 Å². The Morgan fingerprint density at radius 3 is 3.05 bits per heavy atom. The van der Waals surface area contributed by atoms with Crippen molar-refractivity contribution in [2.24, 2.45) is 11.8 Å². The number of aliphatic carboxylic acids is 1. The van der Waals surface area contributed by atoms with Crippen molar-refractivity contribution in [3.63, 3.8) is 0 Å². The summed E-state index contributed by atoms with van der Waals surface area (Å²) in [5, 5.41) is 11.1. The van der Waals surface area contributed by atoms with Crippen molar-refractivity contribution in [2.45, 2.75) is 39.7 Å². The number of aryl methyl sites for hydroxylation is 1. The molecule has 1 aliphatic rings. The topological polar surface area (TPSA) is 40.5 Å². The van der Waals surface area contributed by atoms with E-state index in [-0.39, 0.29) is 5.92 Å². The number of hydrogen-bond donors (Lipinski definition) is 1. The SMILES string of the molecule is Cc1ccsc1CN1CCCC(C(C)CC(=O)O)C1. The quantitative estimate of drug-likeness (QED) is 0.899. The van der Waals surface area contributed by atoms with Gasteiger partial charge in [0.05, 0.1) is 0 Å². The van der Waals surface area contributed by atoms with Crippen LogP contribution in [0, 0.1) is 18.8 Å². The number of carboxylic acids is 1. The summed E-state index contributed by atoms with van der Waals surface area (Å²) in [6.07, 6.45) is 2.67. The third-order valence-electron chi connectivity index (χ3n) is 4.18. The van der Waals surface area contributed by atoms with Crippen molar-refractivity contribution in [2.75, 3.05) is 13.1 Å². The minimum absolute atomic E-state index is 0.282. The molecule has 3 nitrogen and oxygen atoms in total. The van der Waals surface area contributed by atoms with Crippen LogP contribution in [0.2, 0.25) is 0 Å². The molecule has 1 saturated heterocycles. The lowest BCUT2D eigenvalue weighted by atomic mass is 9.84. The molecule has 4 heteroatoms. The average molecular weight is 281 g/mol. The fourth-order valence-electron chi connectivity index (χ4n) is 2.91. The summed E-state index contributed by atoms with van der Waals surface area (Å²) in [6, 6.07) is 2.18. The molecule has 1 fully saturated rings. The third-order valence-corrected chi connectivity index (χ3v) is 5.19. The Hall–Kier alpha value is -0.870. The van der Waals surface area contributed by atoms with Gasteiger partial charge in [-0.1, -0.05) is 6.92 Å². The molecule has 2 rings (SSSR count). The number of piperidine rings is 1. The number of likely N-dealkylation sites (tertiary alicyclic amines) is 1. The molecule has 0 radical (unpaired) electrons. The van der Waals surface area contributed by atoms with Crippen LogP contribution in [-0.4, -0.2) is 29.1 Å². The number of rotatable bonds is 5. The normalized spacial score (nSPS) is 22.3. The van der Waals surface area contributed by atoms with Gasteiger partial charge < -0.3 is 5.11 Å². The van der Waals surface area contributed by atoms with Crippen LogP contribution in [0.3, 0.4) is 0 Å². The molecule has 2 unspecified atom stereocenters. The zero-order valence-corrected chi connectivity index (χ0v) is 12.6. The second kappa shape index (κ2) is 6.53. The highest BCUT2D eigenvalue weighted by Gasteiger charge is 2.26. The number of nitrogens with zero attached hydrogens (tertiary/aromatic N) is 1. The molecule has 0 spiro atoms. The molecule has 0 saturated carbocycles. The standard InChI is InChI=1S/C15H23NO2S/c1-11-5-7-19-14(11)10-16-6-3-4-13(9-16)12(2)8-15(17)18/h5,7,12-13H,3-4,6,8-10H2,1-2H3,(H,17,18). The van der Waals surface area contributed by atoms with Gasteiger partial charge in [-0.15, -0.1) is 11.3 Å². The van der Waals surface area contributed by atoms with Crippen molar-refractivity contribution in [3.8, 4) is 0 Å². The largest absolute Gasteiger partial charge is 0.481 e. The van der Waals surface area contributed by atoms with Crippen LogP contribution in [0.1, 0.15) is 36.6 Å². The Labute approximate surface area is 119 Å². The van der Waals surface area contributed by atoms with E-state index in [2.05, 4.69) is 30.2 Å². The van der Waals surface area contributed by atoms with Crippen molar-refractivity contribution < 1.29 is 9.90 Å². The summed E-state index contributed by atoms with van der Waals surface area (Å²) in [7, 11) is 0. The number of hydrogen-bond acceptors (Lipinski definition) is 3. The zero-order chi connectivity index (χ0) is 13.8. The highest BCUT2D eigenvalue weighted by molar-refractivity contribution is 7.10. The predicted molar refractivity (Wildman–Crippen MR) is 78.5 cm³/mol. The molecule has 2 heterocycles. The van der Waals surface area contributed by atoms with Gasteiger partial charge in [-0.25, -0.2) is 0 Å². The van der Waals surface area contributed by atoms with Crippen LogP contribution < -0.4 is 0 Å². The predicted octanol–water partition coefficient (Wildman–Crippen LogP) is 3.38. The Morgan fingerprint density at radius 1 is 1.63 bits per heavy atom. The van der Waals surface area contributed by atoms with Crippen LogP contribution >= 0.6 is 11.3 Å². The van der Waals surface area contributed by atoms with Crippen molar-refractivity contribution in [1.82, 2.24) is 4.90 Å². The van der Waals surface area contributed by atoms with Gasteiger partial charge in [0.15, 0.2) is 0 Å². The Kier molecular flexibility index (Phi) is 4.99. The fraction of sp³-hybridized carbons (Fsp3) is 0.667. The van der Waals surface area contributed by atoms with Crippen molar-refractivity contribution in [3.05, 3.63) is 21.9 Å². The van der Waals surface area contributed by atoms with E-state index in [1.54, 1.807) is 0 Å². The number of carbonyl (C=O) groups is 1. The Balaban J connectivity index is 1.90. The minimum Gasteiger partial charge on any atom is -0.481 e. The van der Waals surface area contributed by atoms with Gasteiger partial charge in [0.25, 0.3) is 0 Å². The first-order valence-corrected chi connectivity index (χ1v) is 7.91. The molecule has 1 aromatic heterocycles. The van der Waals surface area contributed by atoms with E-state index in [0.29, 0.717) is 12.3 Å². The molecular formula is C15H23NO2S. The maximum atomic E-state index is 10.8. The first-order chi connectivity index (χ1) is 9.06. The lowest BCUT2D eigenvalue weighted by Gasteiger charge is -2.35. The van der Waals surface area contributed by atoms with Crippen LogP contribution in [-0.2, 0) is 11.3 Å². The number of thiophene rings is 1. The Bertz CT molecular complexity index is 430. The first kappa shape index (κ1) is 14.5. The summed E-state index contributed by atoms with van der Waals surface area (Å²) < 4.78 is 0. The van der Waals surface area contributed by atoms with Gasteiger partial charge in [-0.3, -0.25) is 9.69 Å². The summed E-state index contributed by atoms with van der Waals surface area (Å²) in [4.78, 5) is 14.8. The summed E-state index contributed by atoms with van der Waals surface area (Å²) in [5.74, 6) is 0.147. The van der Waals surface area contributed by atoms with Gasteiger partial charge in [0, 0.05) is 24.4 Å². The van der Waals surface area contributed by atoms with E-state index in [4.69, 9.17) is 5.11 Å². The first-order valence-electron chi connectivity index (χ1n) is 7.03. The zero-order valence-electron chi connectivity index (χ0n) is 11.8. The van der Waals surface area contributed by atoms with Crippen LogP contribution in [0.4, 0.5) is 0 Å². The summed E-state index contributed by atoms with van der Waals surface area (Å²) >= 11 is 1.83. The molecule has 0 aromatic carbocycles. The molecule has 1 aromatic rings. The van der Waals surface area contributed by atoms with E-state index in [9.17, 15) is 4.79 Å². The second-order valence-corrected chi connectivity index (χ2v) is 6.74. The summed E-state index contributed by atoms with van der Waals surface area (Å²) in [5.41, 5.74) is 1.38. The van der Waals surface area contributed by atoms with Crippen LogP contribution in [0.5, 0.6) is 0 Å². The van der Waals surface area contributed by atoms with E-state index >= 15 is 0 Å². The highest BCUT2D eigenvalue weighted by Crippen LogP contribution is 2.28. The summed E-state index contributed by atoms with van der Waals surface area (Å²) in [6.45, 7) is 7.47. The average Bonchev–Trinajstić information content (AvgIpc) is 2.75. The molecule has 0 bridgehead atoms. The van der Waals surface area contributed by atoms with E-state index in [1.807, 2.05) is 11.3 Å². The minimum atomic E-state index is -0.668. The van der Waals surface area contributed by atoms with Crippen LogP contribution in [0.25, 0.3) is 0 Å². The maximum absolute atomic E-state index is 10.8. The molecule has 1 aliphatic heterocycles. The van der Waals surface area contributed by atoms with Gasteiger partial charge in [-0.2, -0.15) is 0 Å². The van der Waals surface area contributed by atoms with Gasteiger partial charge in [-0.05, 0) is 55.2 Å². The molecule has 0 amide bonds. The Morgan fingerprint density at radius 2 is 2.42 bits per heavy atom. The monoisotopic (exact) mass is 281 g/mol. The lowest BCUT2D eigenvalue weighted by molar-refractivity contribution is -0.138. The number of carboxylic acid groups (broad SMARTS) is 1. The molecule has 1 N–H and O–H groups in total. The van der Waals surface area contributed by atoms with Gasteiger partial charge >= 0.3 is 5.97 Å². The fourth-order valence-corrected chi connectivity index (χ4v) is 3.86. The van der Waals surface area contributed by atoms with E-state index in [0.717, 1.165) is 19.6 Å². The molecule has 0 aliphatic carbocycles.